The molecular weight excluding hydrogens is 182 g/mol. The molecule has 0 aliphatic rings. The molecule has 0 amide bonds. The van der Waals surface area contributed by atoms with Gasteiger partial charge in [0.25, 0.3) is 0 Å². The normalized spacial score (nSPS) is 17.3. The number of hydrogen-bond acceptors (Lipinski definition) is 1. The lowest BCUT2D eigenvalue weighted by Crippen LogP contribution is -2.21. The number of hydrogen-bond donors (Lipinski definition) is 0. The summed E-state index contributed by atoms with van der Waals surface area (Å²) in [6.45, 7) is 0.447. The molecule has 0 aromatic heterocycles. The Morgan fingerprint density at radius 3 is 2.22 bits per heavy atom. The highest BCUT2D eigenvalue weighted by Crippen LogP contribution is 2.11. The summed E-state index contributed by atoms with van der Waals surface area (Å²) in [5.41, 5.74) is 0. The first kappa shape index (κ1) is 9.83. The van der Waals surface area contributed by atoms with Crippen molar-refractivity contribution in [3.8, 4) is 0 Å². The Balaban J connectivity index is 3.32. The van der Waals surface area contributed by atoms with Crippen molar-refractivity contribution < 1.29 is 4.74 Å². The van der Waals surface area contributed by atoms with Gasteiger partial charge >= 0.3 is 0 Å². The zero-order valence-corrected chi connectivity index (χ0v) is 7.38. The van der Waals surface area contributed by atoms with Crippen molar-refractivity contribution in [3.63, 3.8) is 0 Å². The van der Waals surface area contributed by atoms with Crippen LogP contribution < -0.4 is 0 Å². The van der Waals surface area contributed by atoms with Crippen molar-refractivity contribution in [1.29, 1.82) is 0 Å². The van der Waals surface area contributed by atoms with E-state index < -0.39 is 0 Å². The van der Waals surface area contributed by atoms with Gasteiger partial charge in [0.15, 0.2) is 0 Å². The number of rotatable bonds is 4. The third-order valence-corrected chi connectivity index (χ3v) is 2.37. The molecule has 0 unspecified atom stereocenters. The Bertz CT molecular complexity index is 69.2. The molecule has 9 heavy (non-hydrogen) atoms. The fourth-order valence-corrected chi connectivity index (χ4v) is 0.954. The van der Waals surface area contributed by atoms with Gasteiger partial charge in [-0.3, -0.25) is 0 Å². The van der Waals surface area contributed by atoms with Crippen LogP contribution >= 0.6 is 34.8 Å². The monoisotopic (exact) mass is 190 g/mol. The summed E-state index contributed by atoms with van der Waals surface area (Å²) in [6.07, 6.45) is 0. The standard InChI is InChI=1S/C5H9Cl3O/c1-9-3-5(8)4(7)2-6/h4-5H,2-3H2,1H3/t4-,5+/m0/s1. The fourth-order valence-electron chi connectivity index (χ4n) is 0.360. The van der Waals surface area contributed by atoms with Crippen molar-refractivity contribution in [2.45, 2.75) is 10.8 Å². The van der Waals surface area contributed by atoms with Crippen LogP contribution in [0.4, 0.5) is 0 Å². The van der Waals surface area contributed by atoms with Crippen molar-refractivity contribution in [1.82, 2.24) is 0 Å². The molecule has 0 aliphatic carbocycles. The summed E-state index contributed by atoms with van der Waals surface area (Å²) >= 11 is 16.8. The molecule has 0 bridgehead atoms. The van der Waals surface area contributed by atoms with Gasteiger partial charge in [-0.2, -0.15) is 0 Å². The number of methoxy groups -OCH3 is 1. The molecule has 2 atom stereocenters. The van der Waals surface area contributed by atoms with Crippen molar-refractivity contribution in [2.24, 2.45) is 0 Å². The summed E-state index contributed by atoms with van der Waals surface area (Å²) in [6, 6.07) is 0. The van der Waals surface area contributed by atoms with Crippen LogP contribution in [-0.2, 0) is 4.74 Å². The topological polar surface area (TPSA) is 9.23 Å². The van der Waals surface area contributed by atoms with Gasteiger partial charge in [0.2, 0.25) is 0 Å². The van der Waals surface area contributed by atoms with Gasteiger partial charge in [-0.25, -0.2) is 0 Å². The van der Waals surface area contributed by atoms with Crippen LogP contribution in [0.3, 0.4) is 0 Å². The second kappa shape index (κ2) is 5.60. The van der Waals surface area contributed by atoms with E-state index in [0.717, 1.165) is 0 Å². The molecule has 0 rings (SSSR count). The maximum atomic E-state index is 5.69. The van der Waals surface area contributed by atoms with Gasteiger partial charge in [0, 0.05) is 13.0 Å². The van der Waals surface area contributed by atoms with Gasteiger partial charge in [0.1, 0.15) is 0 Å². The highest BCUT2D eigenvalue weighted by molar-refractivity contribution is 6.33. The van der Waals surface area contributed by atoms with E-state index in [4.69, 9.17) is 39.5 Å². The third-order valence-electron chi connectivity index (χ3n) is 0.866. The second-order valence-electron chi connectivity index (χ2n) is 1.64. The van der Waals surface area contributed by atoms with E-state index in [9.17, 15) is 0 Å². The first-order valence-electron chi connectivity index (χ1n) is 2.55. The van der Waals surface area contributed by atoms with E-state index in [-0.39, 0.29) is 10.8 Å². The Kier molecular flexibility index (Phi) is 6.12. The van der Waals surface area contributed by atoms with Crippen LogP contribution in [0.25, 0.3) is 0 Å². The molecule has 0 spiro atoms. The van der Waals surface area contributed by atoms with Crippen LogP contribution in [0.1, 0.15) is 0 Å². The van der Waals surface area contributed by atoms with Crippen molar-refractivity contribution in [2.75, 3.05) is 19.6 Å². The molecule has 0 saturated heterocycles. The maximum absolute atomic E-state index is 5.69. The largest absolute Gasteiger partial charge is 0.383 e. The summed E-state index contributed by atoms with van der Waals surface area (Å²) in [7, 11) is 1.58. The molecule has 0 heterocycles. The van der Waals surface area contributed by atoms with E-state index in [1.807, 2.05) is 0 Å². The minimum absolute atomic E-state index is 0.186. The number of ether oxygens (including phenoxy) is 1. The predicted molar refractivity (Wildman–Crippen MR) is 41.9 cm³/mol. The lowest BCUT2D eigenvalue weighted by atomic mass is 10.3. The SMILES string of the molecule is COC[C@@H](Cl)[C@@H](Cl)CCl. The Morgan fingerprint density at radius 1 is 1.33 bits per heavy atom. The minimum Gasteiger partial charge on any atom is -0.383 e. The molecule has 4 heteroatoms. The van der Waals surface area contributed by atoms with Gasteiger partial charge in [-0.15, -0.1) is 34.8 Å². The molecular formula is C5H9Cl3O. The van der Waals surface area contributed by atoms with E-state index in [2.05, 4.69) is 0 Å². The van der Waals surface area contributed by atoms with Gasteiger partial charge in [0.05, 0.1) is 17.4 Å². The molecule has 0 radical (unpaired) electrons. The van der Waals surface area contributed by atoms with E-state index in [0.29, 0.717) is 12.5 Å². The average Bonchev–Trinajstić information content (AvgIpc) is 1.87. The summed E-state index contributed by atoms with van der Waals surface area (Å²) < 4.78 is 4.75. The predicted octanol–water partition coefficient (Wildman–Crippen LogP) is 2.09. The Labute approximate surface area is 70.2 Å². The van der Waals surface area contributed by atoms with Crippen molar-refractivity contribution >= 4 is 34.8 Å². The Hall–Kier alpha value is 0.830. The third kappa shape index (κ3) is 4.26. The van der Waals surface area contributed by atoms with Crippen LogP contribution in [0.5, 0.6) is 0 Å². The summed E-state index contributed by atoms with van der Waals surface area (Å²) in [4.78, 5) is 0. The van der Waals surface area contributed by atoms with Gasteiger partial charge in [-0.05, 0) is 0 Å². The molecule has 0 N–H and O–H groups in total. The average molecular weight is 191 g/mol. The lowest BCUT2D eigenvalue weighted by Gasteiger charge is -2.10. The van der Waals surface area contributed by atoms with Crippen LogP contribution in [0, 0.1) is 0 Å². The second-order valence-corrected chi connectivity index (χ2v) is 3.07. The quantitative estimate of drug-likeness (QED) is 0.618. The van der Waals surface area contributed by atoms with Crippen LogP contribution in [-0.4, -0.2) is 30.4 Å². The summed E-state index contributed by atoms with van der Waals surface area (Å²) in [5, 5.41) is -0.387. The molecule has 0 aliphatic heterocycles. The van der Waals surface area contributed by atoms with Crippen LogP contribution in [0.15, 0.2) is 0 Å². The smallest absolute Gasteiger partial charge is 0.0744 e. The van der Waals surface area contributed by atoms with E-state index in [1.54, 1.807) is 7.11 Å². The maximum Gasteiger partial charge on any atom is 0.0744 e. The highest BCUT2D eigenvalue weighted by atomic mass is 35.5. The molecule has 0 saturated carbocycles. The molecule has 0 fully saturated rings. The van der Waals surface area contributed by atoms with E-state index in [1.165, 1.54) is 0 Å². The van der Waals surface area contributed by atoms with E-state index >= 15 is 0 Å². The van der Waals surface area contributed by atoms with Gasteiger partial charge < -0.3 is 4.74 Å². The highest BCUT2D eigenvalue weighted by Gasteiger charge is 2.14. The minimum atomic E-state index is -0.201. The first-order chi connectivity index (χ1) is 4.22. The zero-order chi connectivity index (χ0) is 7.28. The number of alkyl halides is 3. The Morgan fingerprint density at radius 2 is 1.89 bits per heavy atom. The molecule has 1 nitrogen and oxygen atoms in total. The van der Waals surface area contributed by atoms with Gasteiger partial charge in [-0.1, -0.05) is 0 Å². The molecule has 0 aromatic carbocycles. The lowest BCUT2D eigenvalue weighted by molar-refractivity contribution is 0.197. The number of halogens is 3. The van der Waals surface area contributed by atoms with Crippen LogP contribution in [0.2, 0.25) is 0 Å². The zero-order valence-electron chi connectivity index (χ0n) is 5.11. The summed E-state index contributed by atoms with van der Waals surface area (Å²) in [5.74, 6) is 0.360. The van der Waals surface area contributed by atoms with Crippen molar-refractivity contribution in [3.05, 3.63) is 0 Å². The molecule has 0 aromatic rings. The molecule has 56 valence electrons. The fraction of sp³-hybridized carbons (Fsp3) is 1.00. The first-order valence-corrected chi connectivity index (χ1v) is 3.96.